The lowest BCUT2D eigenvalue weighted by molar-refractivity contribution is -0.870. The Morgan fingerprint density at radius 1 is 0.525 bits per heavy atom. The van der Waals surface area contributed by atoms with E-state index in [1.807, 2.05) is 33.3 Å². The van der Waals surface area contributed by atoms with Crippen LogP contribution in [0.1, 0.15) is 117 Å². The molecule has 0 rings (SSSR count). The van der Waals surface area contributed by atoms with Crippen LogP contribution in [0.4, 0.5) is 0 Å². The molecule has 0 aliphatic heterocycles. The summed E-state index contributed by atoms with van der Waals surface area (Å²) in [7, 11) is 5.85. The molecule has 9 heteroatoms. The predicted molar refractivity (Wildman–Crippen MR) is 241 cm³/mol. The van der Waals surface area contributed by atoms with E-state index >= 15 is 0 Å². The molecule has 0 aromatic rings. The van der Waals surface area contributed by atoms with Crippen molar-refractivity contribution in [1.82, 2.24) is 0 Å². The molecule has 0 saturated carbocycles. The molecular formula is C50H77NO8. The Bertz CT molecular complexity index is 1370. The molecule has 0 fully saturated rings. The van der Waals surface area contributed by atoms with Gasteiger partial charge in [0.1, 0.15) is 13.2 Å². The van der Waals surface area contributed by atoms with Gasteiger partial charge in [-0.15, -0.1) is 0 Å². The van der Waals surface area contributed by atoms with Gasteiger partial charge in [0.15, 0.2) is 12.4 Å². The number of hydrogen-bond donors (Lipinski definition) is 0. The molecule has 2 atom stereocenters. The van der Waals surface area contributed by atoms with Crippen molar-refractivity contribution in [2.75, 3.05) is 47.5 Å². The van der Waals surface area contributed by atoms with Crippen LogP contribution in [0.2, 0.25) is 0 Å². The highest BCUT2D eigenvalue weighted by Crippen LogP contribution is 2.09. The zero-order chi connectivity index (χ0) is 43.5. The third-order valence-corrected chi connectivity index (χ3v) is 8.24. The number of rotatable bonds is 37. The number of likely N-dealkylation sites (N-methyl/N-ethyl adjacent to an activating group) is 1. The molecule has 0 heterocycles. The number of unbranched alkanes of at least 4 members (excludes halogenated alkanes) is 3. The van der Waals surface area contributed by atoms with Crippen LogP contribution in [0.3, 0.4) is 0 Å². The van der Waals surface area contributed by atoms with Crippen LogP contribution in [-0.2, 0) is 33.3 Å². The number of aliphatic carboxylic acids is 1. The fourth-order valence-electron chi connectivity index (χ4n) is 4.93. The summed E-state index contributed by atoms with van der Waals surface area (Å²) in [6, 6.07) is 0. The molecule has 2 unspecified atom stereocenters. The minimum absolute atomic E-state index is 0.0444. The first-order valence-corrected chi connectivity index (χ1v) is 21.7. The number of carbonyl (C=O) groups excluding carboxylic acids is 3. The van der Waals surface area contributed by atoms with Crippen molar-refractivity contribution in [2.24, 2.45) is 0 Å². The minimum Gasteiger partial charge on any atom is -0.545 e. The molecule has 330 valence electrons. The number of carboxylic acids is 1. The number of quaternary nitrogens is 1. The average Bonchev–Trinajstić information content (AvgIpc) is 3.19. The van der Waals surface area contributed by atoms with Crippen LogP contribution in [0.25, 0.3) is 0 Å². The molecule has 0 aliphatic rings. The first-order chi connectivity index (χ1) is 28.6. The van der Waals surface area contributed by atoms with Crippen LogP contribution in [0, 0.1) is 0 Å². The highest BCUT2D eigenvalue weighted by atomic mass is 16.7. The fourth-order valence-corrected chi connectivity index (χ4v) is 4.93. The number of carbonyl (C=O) groups is 3. The van der Waals surface area contributed by atoms with Crippen molar-refractivity contribution in [3.8, 4) is 0 Å². The van der Waals surface area contributed by atoms with E-state index in [2.05, 4.69) is 117 Å². The minimum atomic E-state index is -1.66. The zero-order valence-corrected chi connectivity index (χ0v) is 37.1. The number of ether oxygens (including phenoxy) is 4. The number of esters is 2. The smallest absolute Gasteiger partial charge is 0.309 e. The third kappa shape index (κ3) is 41.6. The first-order valence-electron chi connectivity index (χ1n) is 21.7. The summed E-state index contributed by atoms with van der Waals surface area (Å²) >= 11 is 0. The molecule has 0 aromatic heterocycles. The van der Waals surface area contributed by atoms with Gasteiger partial charge in [0, 0.05) is 6.42 Å². The van der Waals surface area contributed by atoms with E-state index in [9.17, 15) is 19.5 Å². The van der Waals surface area contributed by atoms with Gasteiger partial charge in [-0.25, -0.2) is 0 Å². The maximum atomic E-state index is 12.7. The van der Waals surface area contributed by atoms with Crippen molar-refractivity contribution in [1.29, 1.82) is 0 Å². The molecule has 59 heavy (non-hydrogen) atoms. The van der Waals surface area contributed by atoms with Gasteiger partial charge < -0.3 is 33.3 Å². The van der Waals surface area contributed by atoms with Gasteiger partial charge in [0.25, 0.3) is 0 Å². The normalized spacial score (nSPS) is 14.1. The Morgan fingerprint density at radius 3 is 1.41 bits per heavy atom. The second kappa shape index (κ2) is 40.5. The van der Waals surface area contributed by atoms with Crippen molar-refractivity contribution >= 4 is 17.9 Å². The van der Waals surface area contributed by atoms with Gasteiger partial charge in [-0.1, -0.05) is 142 Å². The molecule has 0 spiro atoms. The molecule has 0 saturated heterocycles. The summed E-state index contributed by atoms with van der Waals surface area (Å²) in [5.74, 6) is -2.52. The lowest BCUT2D eigenvalue weighted by atomic mass is 10.1. The quantitative estimate of drug-likeness (QED) is 0.0200. The highest BCUT2D eigenvalue weighted by molar-refractivity contribution is 5.71. The van der Waals surface area contributed by atoms with E-state index in [-0.39, 0.29) is 32.7 Å². The Labute approximate surface area is 357 Å². The summed E-state index contributed by atoms with van der Waals surface area (Å²) in [4.78, 5) is 36.9. The summed E-state index contributed by atoms with van der Waals surface area (Å²) in [6.07, 6.45) is 52.6. The standard InChI is InChI=1S/C50H77NO8/c1-6-8-10-12-14-16-18-20-22-23-24-25-27-29-31-33-35-37-39-41-48(53)59-46(45-58-50(49(54)55)56-43-42-51(3,4)5)44-57-47(52)40-38-36-34-32-30-28-26-21-19-17-15-13-11-9-7-2/h8-11,14-17,20-22,24-26,29-32,36,38,46,50H,6-7,12-13,18-19,23,27-28,33-35,37,39-45H2,1-5H3/b10-8-,11-9-,16-14-,17-15-,22-20-,25-24-,26-21-,31-29-,32-30-,38-36-. The van der Waals surface area contributed by atoms with Crippen LogP contribution >= 0.6 is 0 Å². The summed E-state index contributed by atoms with van der Waals surface area (Å²) in [6.45, 7) is 4.31. The lowest BCUT2D eigenvalue weighted by Crippen LogP contribution is -2.44. The molecule has 0 radical (unpaired) electrons. The second-order valence-corrected chi connectivity index (χ2v) is 14.9. The Morgan fingerprint density at radius 2 is 0.966 bits per heavy atom. The average molecular weight is 820 g/mol. The first kappa shape index (κ1) is 54.7. The van der Waals surface area contributed by atoms with E-state index < -0.39 is 30.3 Å². The number of carboxylic acid groups (broad SMARTS) is 1. The molecular weight excluding hydrogens is 743 g/mol. The van der Waals surface area contributed by atoms with Gasteiger partial charge in [-0.2, -0.15) is 0 Å². The topological polar surface area (TPSA) is 111 Å². The maximum Gasteiger partial charge on any atom is 0.309 e. The summed E-state index contributed by atoms with van der Waals surface area (Å²) < 4.78 is 22.3. The number of hydrogen-bond acceptors (Lipinski definition) is 8. The van der Waals surface area contributed by atoms with E-state index in [1.54, 1.807) is 6.08 Å². The Kier molecular flexibility index (Phi) is 37.5. The SMILES string of the molecule is CC/C=C\C/C=C\C/C=C\C/C=C\C/C=C\CCCCCC(=O)OC(COC(=O)C/C=C\C/C=C\C/C=C\C/C=C\C/C=C\CC)COC(OCC[N+](C)(C)C)C(=O)[O-]. The number of nitrogens with zero attached hydrogens (tertiary/aromatic N) is 1. The largest absolute Gasteiger partial charge is 0.545 e. The number of allylic oxidation sites excluding steroid dienone is 19. The van der Waals surface area contributed by atoms with Crippen LogP contribution in [0.15, 0.2) is 122 Å². The third-order valence-electron chi connectivity index (χ3n) is 8.24. The van der Waals surface area contributed by atoms with Crippen LogP contribution in [-0.4, -0.2) is 82.3 Å². The molecule has 0 amide bonds. The van der Waals surface area contributed by atoms with Crippen LogP contribution in [0.5, 0.6) is 0 Å². The van der Waals surface area contributed by atoms with Gasteiger partial charge in [-0.3, -0.25) is 9.59 Å². The van der Waals surface area contributed by atoms with E-state index in [4.69, 9.17) is 18.9 Å². The molecule has 0 aromatic carbocycles. The second-order valence-electron chi connectivity index (χ2n) is 14.9. The van der Waals surface area contributed by atoms with E-state index in [0.717, 1.165) is 77.0 Å². The highest BCUT2D eigenvalue weighted by Gasteiger charge is 2.21. The van der Waals surface area contributed by atoms with Crippen molar-refractivity contribution in [3.63, 3.8) is 0 Å². The van der Waals surface area contributed by atoms with Gasteiger partial charge in [0.2, 0.25) is 0 Å². The van der Waals surface area contributed by atoms with Gasteiger partial charge in [-0.05, 0) is 83.5 Å². The van der Waals surface area contributed by atoms with Crippen molar-refractivity contribution < 1.29 is 42.9 Å². The monoisotopic (exact) mass is 820 g/mol. The lowest BCUT2D eigenvalue weighted by Gasteiger charge is -2.26. The molecule has 0 N–H and O–H groups in total. The summed E-state index contributed by atoms with van der Waals surface area (Å²) in [5.41, 5.74) is 0. The fraction of sp³-hybridized carbons (Fsp3) is 0.540. The maximum absolute atomic E-state index is 12.7. The Hall–Kier alpha value is -4.31. The van der Waals surface area contributed by atoms with Crippen LogP contribution < -0.4 is 5.11 Å². The van der Waals surface area contributed by atoms with Gasteiger partial charge in [0.05, 0.1) is 46.7 Å². The zero-order valence-electron chi connectivity index (χ0n) is 37.1. The van der Waals surface area contributed by atoms with Crippen molar-refractivity contribution in [2.45, 2.75) is 129 Å². The van der Waals surface area contributed by atoms with Gasteiger partial charge >= 0.3 is 11.9 Å². The van der Waals surface area contributed by atoms with Crippen molar-refractivity contribution in [3.05, 3.63) is 122 Å². The predicted octanol–water partition coefficient (Wildman–Crippen LogP) is 10.1. The van der Waals surface area contributed by atoms with E-state index in [0.29, 0.717) is 23.9 Å². The van der Waals surface area contributed by atoms with E-state index in [1.165, 1.54) is 0 Å². The summed E-state index contributed by atoms with van der Waals surface area (Å²) in [5, 5.41) is 11.7. The Balaban J connectivity index is 4.68. The molecule has 0 aliphatic carbocycles. The molecule has 0 bridgehead atoms. The molecule has 9 nitrogen and oxygen atoms in total.